The zero-order valence-corrected chi connectivity index (χ0v) is 21.3. The maximum Gasteiger partial charge on any atom is 0.309 e. The van der Waals surface area contributed by atoms with Crippen LogP contribution < -0.4 is 4.90 Å². The van der Waals surface area contributed by atoms with Crippen molar-refractivity contribution in [2.45, 2.75) is 32.4 Å². The van der Waals surface area contributed by atoms with E-state index in [4.69, 9.17) is 4.74 Å². The predicted octanol–water partition coefficient (Wildman–Crippen LogP) is 7.06. The van der Waals surface area contributed by atoms with E-state index in [1.54, 1.807) is 0 Å². The van der Waals surface area contributed by atoms with Crippen LogP contribution in [0.3, 0.4) is 0 Å². The molecule has 1 atom stereocenters. The Hall–Kier alpha value is -4.29. The second-order valence-corrected chi connectivity index (χ2v) is 9.13. The van der Waals surface area contributed by atoms with Crippen molar-refractivity contribution in [2.75, 3.05) is 12.0 Å². The molecule has 37 heavy (non-hydrogen) atoms. The number of hydrogen-bond acceptors (Lipinski definition) is 3. The van der Waals surface area contributed by atoms with Gasteiger partial charge >= 0.3 is 5.97 Å². The first-order chi connectivity index (χ1) is 18.2. The Morgan fingerprint density at radius 3 is 1.89 bits per heavy atom. The van der Waals surface area contributed by atoms with Crippen molar-refractivity contribution in [3.63, 3.8) is 0 Å². The van der Waals surface area contributed by atoms with Gasteiger partial charge in [0.2, 0.25) is 0 Å². The Labute approximate surface area is 220 Å². The molecule has 0 bridgehead atoms. The molecule has 0 aliphatic rings. The molecule has 3 nitrogen and oxygen atoms in total. The summed E-state index contributed by atoms with van der Waals surface area (Å²) < 4.78 is 5.05. The van der Waals surface area contributed by atoms with Gasteiger partial charge in [-0.3, -0.25) is 4.79 Å². The highest BCUT2D eigenvalue weighted by Crippen LogP contribution is 2.22. The molecule has 0 radical (unpaired) electrons. The highest BCUT2D eigenvalue weighted by atomic mass is 16.5. The summed E-state index contributed by atoms with van der Waals surface area (Å²) in [5.74, 6) is 6.10. The number of anilines is 1. The van der Waals surface area contributed by atoms with E-state index in [1.807, 2.05) is 36.4 Å². The molecule has 4 aromatic carbocycles. The normalized spacial score (nSPS) is 11.2. The number of benzene rings is 4. The first-order valence-corrected chi connectivity index (χ1v) is 12.7. The molecule has 3 heteroatoms. The predicted molar refractivity (Wildman–Crippen MR) is 151 cm³/mol. The van der Waals surface area contributed by atoms with Crippen molar-refractivity contribution in [1.29, 1.82) is 0 Å². The number of nitrogens with zero attached hydrogens (tertiary/aromatic N) is 1. The molecule has 0 amide bonds. The number of rotatable bonds is 10. The number of aryl methyl sites for hydroxylation is 1. The van der Waals surface area contributed by atoms with Gasteiger partial charge in [0, 0.05) is 30.8 Å². The van der Waals surface area contributed by atoms with E-state index in [-0.39, 0.29) is 11.9 Å². The lowest BCUT2D eigenvalue weighted by Gasteiger charge is -2.25. The zero-order valence-electron chi connectivity index (χ0n) is 21.3. The fourth-order valence-electron chi connectivity index (χ4n) is 4.36. The first-order valence-electron chi connectivity index (χ1n) is 12.7. The van der Waals surface area contributed by atoms with Crippen LogP contribution in [0.5, 0.6) is 0 Å². The lowest BCUT2D eigenvalue weighted by molar-refractivity contribution is -0.145. The number of carbonyl (C=O) groups excluding carboxylic acids is 1. The van der Waals surface area contributed by atoms with Gasteiger partial charge in [0.1, 0.15) is 0 Å². The summed E-state index contributed by atoms with van der Waals surface area (Å²) in [5.41, 5.74) is 5.79. The summed E-state index contributed by atoms with van der Waals surface area (Å²) in [6.07, 6.45) is 2.01. The second kappa shape index (κ2) is 13.7. The smallest absolute Gasteiger partial charge is 0.309 e. The summed E-state index contributed by atoms with van der Waals surface area (Å²) in [4.78, 5) is 14.7. The summed E-state index contributed by atoms with van der Waals surface area (Å²) in [7, 11) is 1.45. The number of carbonyl (C=O) groups is 1. The lowest BCUT2D eigenvalue weighted by Crippen LogP contribution is -2.22. The Morgan fingerprint density at radius 2 is 1.32 bits per heavy atom. The van der Waals surface area contributed by atoms with Crippen LogP contribution in [0.2, 0.25) is 0 Å². The van der Waals surface area contributed by atoms with Gasteiger partial charge in [-0.25, -0.2) is 0 Å². The van der Waals surface area contributed by atoms with Gasteiger partial charge in [-0.05, 0) is 47.7 Å². The van der Waals surface area contributed by atoms with E-state index in [9.17, 15) is 4.79 Å². The van der Waals surface area contributed by atoms with Gasteiger partial charge in [-0.2, -0.15) is 0 Å². The maximum absolute atomic E-state index is 12.4. The van der Waals surface area contributed by atoms with E-state index >= 15 is 0 Å². The molecule has 0 heterocycles. The van der Waals surface area contributed by atoms with Crippen molar-refractivity contribution >= 4 is 11.7 Å². The van der Waals surface area contributed by atoms with Gasteiger partial charge in [-0.1, -0.05) is 109 Å². The minimum Gasteiger partial charge on any atom is -0.469 e. The zero-order chi connectivity index (χ0) is 25.7. The summed E-state index contributed by atoms with van der Waals surface area (Å²) in [5, 5.41) is 0. The molecule has 0 fully saturated rings. The Bertz CT molecular complexity index is 1270. The van der Waals surface area contributed by atoms with Gasteiger partial charge in [0.05, 0.1) is 13.0 Å². The minimum absolute atomic E-state index is 0.198. The molecule has 186 valence electrons. The van der Waals surface area contributed by atoms with E-state index in [0.717, 1.165) is 30.8 Å². The molecule has 0 aliphatic heterocycles. The van der Waals surface area contributed by atoms with E-state index < -0.39 is 0 Å². The summed E-state index contributed by atoms with van der Waals surface area (Å²) in [6, 6.07) is 39.6. The summed E-state index contributed by atoms with van der Waals surface area (Å²) in [6.45, 7) is 1.60. The van der Waals surface area contributed by atoms with Crippen LogP contribution in [0.1, 0.15) is 35.1 Å². The topological polar surface area (TPSA) is 29.5 Å². The van der Waals surface area contributed by atoms with Crippen molar-refractivity contribution in [2.24, 2.45) is 5.92 Å². The fraction of sp³-hybridized carbons (Fsp3) is 0.206. The van der Waals surface area contributed by atoms with Crippen LogP contribution in [0, 0.1) is 17.8 Å². The molecule has 0 spiro atoms. The number of ether oxygens (including phenoxy) is 1. The quantitative estimate of drug-likeness (QED) is 0.177. The maximum atomic E-state index is 12.4. The number of esters is 1. The largest absolute Gasteiger partial charge is 0.469 e. The Balaban J connectivity index is 1.48. The van der Waals surface area contributed by atoms with Gasteiger partial charge in [0.15, 0.2) is 0 Å². The molecule has 4 aromatic rings. The lowest BCUT2D eigenvalue weighted by atomic mass is 9.96. The van der Waals surface area contributed by atoms with Crippen molar-refractivity contribution in [1.82, 2.24) is 0 Å². The van der Waals surface area contributed by atoms with Crippen LogP contribution in [-0.2, 0) is 29.0 Å². The number of hydrogen-bond donors (Lipinski definition) is 0. The first kappa shape index (κ1) is 25.8. The average molecular weight is 488 g/mol. The van der Waals surface area contributed by atoms with Gasteiger partial charge in [-0.15, -0.1) is 0 Å². The van der Waals surface area contributed by atoms with Gasteiger partial charge in [0.25, 0.3) is 0 Å². The molecule has 0 aromatic heterocycles. The Morgan fingerprint density at radius 1 is 0.757 bits per heavy atom. The van der Waals surface area contributed by atoms with Crippen molar-refractivity contribution in [3.8, 4) is 11.8 Å². The van der Waals surface area contributed by atoms with Crippen molar-refractivity contribution in [3.05, 3.63) is 138 Å². The third-order valence-corrected chi connectivity index (χ3v) is 6.38. The highest BCUT2D eigenvalue weighted by Gasteiger charge is 2.18. The van der Waals surface area contributed by atoms with Crippen LogP contribution in [0.25, 0.3) is 0 Å². The molecule has 0 aliphatic carbocycles. The molecule has 4 rings (SSSR count). The Kier molecular flexibility index (Phi) is 9.55. The van der Waals surface area contributed by atoms with Gasteiger partial charge < -0.3 is 9.64 Å². The van der Waals surface area contributed by atoms with Crippen LogP contribution >= 0.6 is 0 Å². The van der Waals surface area contributed by atoms with E-state index in [0.29, 0.717) is 12.8 Å². The molecular formula is C34H33NO2. The third-order valence-electron chi connectivity index (χ3n) is 6.38. The van der Waals surface area contributed by atoms with E-state index in [2.05, 4.69) is 95.6 Å². The van der Waals surface area contributed by atoms with Crippen LogP contribution in [0.4, 0.5) is 5.69 Å². The summed E-state index contributed by atoms with van der Waals surface area (Å²) >= 11 is 0. The van der Waals surface area contributed by atoms with Crippen molar-refractivity contribution < 1.29 is 9.53 Å². The minimum atomic E-state index is -0.242. The van der Waals surface area contributed by atoms with Crippen LogP contribution in [-0.4, -0.2) is 13.1 Å². The average Bonchev–Trinajstić information content (AvgIpc) is 2.96. The molecule has 1 unspecified atom stereocenters. The highest BCUT2D eigenvalue weighted by molar-refractivity contribution is 5.72. The standard InChI is InChI=1S/C34H33NO2/c1-37-34(36)32(24-23-28-13-5-2-6-14-28)21-11-19-29-20-12-22-33(25-29)35(26-30-15-7-3-8-16-30)27-31-17-9-4-10-18-31/h2-10,12-18,20,22,25,32H,21,23-24,26-27H2,1H3. The molecular weight excluding hydrogens is 454 g/mol. The van der Waals surface area contributed by atoms with E-state index in [1.165, 1.54) is 23.8 Å². The number of methoxy groups -OCH3 is 1. The molecule has 0 saturated heterocycles. The molecule has 0 N–H and O–H groups in total. The monoisotopic (exact) mass is 487 g/mol. The molecule has 0 saturated carbocycles. The fourth-order valence-corrected chi connectivity index (χ4v) is 4.36. The SMILES string of the molecule is COC(=O)C(CC#Cc1cccc(N(Cc2ccccc2)Cc2ccccc2)c1)CCc1ccccc1. The third kappa shape index (κ3) is 8.12. The van der Waals surface area contributed by atoms with Crippen LogP contribution in [0.15, 0.2) is 115 Å². The second-order valence-electron chi connectivity index (χ2n) is 9.13.